The Kier molecular flexibility index (Phi) is 4.05. The fraction of sp³-hybridized carbons (Fsp3) is 0.188. The van der Waals surface area contributed by atoms with E-state index in [4.69, 9.17) is 5.84 Å². The molecule has 0 bridgehead atoms. The van der Waals surface area contributed by atoms with Crippen molar-refractivity contribution in [1.82, 2.24) is 15.2 Å². The smallest absolute Gasteiger partial charge is 0.0722 e. The number of rotatable bonds is 4. The summed E-state index contributed by atoms with van der Waals surface area (Å²) in [4.78, 5) is 0. The fourth-order valence-electron chi connectivity index (χ4n) is 2.63. The molecule has 3 rings (SSSR count). The Balaban J connectivity index is 1.96. The molecule has 0 spiro atoms. The molecule has 0 fully saturated rings. The molecule has 0 aliphatic carbocycles. The minimum absolute atomic E-state index is 0.0285. The third kappa shape index (κ3) is 2.85. The van der Waals surface area contributed by atoms with Crippen LogP contribution >= 0.6 is 15.9 Å². The summed E-state index contributed by atoms with van der Waals surface area (Å²) in [5.74, 6) is 5.75. The normalized spacial score (nSPS) is 12.7. The van der Waals surface area contributed by atoms with Crippen LogP contribution in [0.25, 0.3) is 10.9 Å². The number of hydrazine groups is 1. The number of para-hydroxylation sites is 1. The monoisotopic (exact) mass is 344 g/mol. The van der Waals surface area contributed by atoms with Crippen LogP contribution < -0.4 is 11.3 Å². The van der Waals surface area contributed by atoms with Gasteiger partial charge in [-0.15, -0.1) is 0 Å². The average Bonchev–Trinajstić information content (AvgIpc) is 2.82. The summed E-state index contributed by atoms with van der Waals surface area (Å²) < 4.78 is 2.96. The van der Waals surface area contributed by atoms with Crippen molar-refractivity contribution >= 4 is 26.8 Å². The minimum atomic E-state index is 0.0285. The lowest BCUT2D eigenvalue weighted by molar-refractivity contribution is 0.543. The molecule has 21 heavy (non-hydrogen) atoms. The Labute approximate surface area is 132 Å². The van der Waals surface area contributed by atoms with E-state index in [0.29, 0.717) is 0 Å². The van der Waals surface area contributed by atoms with Crippen LogP contribution in [0.3, 0.4) is 0 Å². The predicted molar refractivity (Wildman–Crippen MR) is 88.6 cm³/mol. The molecule has 0 saturated carbocycles. The highest BCUT2D eigenvalue weighted by Gasteiger charge is 2.15. The lowest BCUT2D eigenvalue weighted by Gasteiger charge is -2.15. The quantitative estimate of drug-likeness (QED) is 0.564. The van der Waals surface area contributed by atoms with Gasteiger partial charge in [0.15, 0.2) is 0 Å². The van der Waals surface area contributed by atoms with Crippen molar-refractivity contribution in [1.29, 1.82) is 0 Å². The van der Waals surface area contributed by atoms with Crippen molar-refractivity contribution in [2.24, 2.45) is 12.9 Å². The van der Waals surface area contributed by atoms with Crippen molar-refractivity contribution in [2.45, 2.75) is 12.5 Å². The van der Waals surface area contributed by atoms with Gasteiger partial charge < -0.3 is 0 Å². The summed E-state index contributed by atoms with van der Waals surface area (Å²) in [6.07, 6.45) is 0.744. The SMILES string of the molecule is Cn1nc(CC(NN)c2cccc(Br)c2)c2ccccc21. The number of fused-ring (bicyclic) bond motifs is 1. The number of benzene rings is 2. The Hall–Kier alpha value is -1.69. The largest absolute Gasteiger partial charge is 0.271 e. The first-order chi connectivity index (χ1) is 10.2. The fourth-order valence-corrected chi connectivity index (χ4v) is 3.05. The summed E-state index contributed by atoms with van der Waals surface area (Å²) in [5.41, 5.74) is 6.23. The van der Waals surface area contributed by atoms with Crippen molar-refractivity contribution < 1.29 is 0 Å². The van der Waals surface area contributed by atoms with E-state index in [2.05, 4.69) is 50.7 Å². The lowest BCUT2D eigenvalue weighted by Crippen LogP contribution is -2.29. The highest BCUT2D eigenvalue weighted by atomic mass is 79.9. The maximum Gasteiger partial charge on any atom is 0.0722 e. The third-order valence-electron chi connectivity index (χ3n) is 3.68. The molecular weight excluding hydrogens is 328 g/mol. The highest BCUT2D eigenvalue weighted by Crippen LogP contribution is 2.25. The van der Waals surface area contributed by atoms with Gasteiger partial charge in [0, 0.05) is 23.3 Å². The van der Waals surface area contributed by atoms with Crippen LogP contribution in [0.2, 0.25) is 0 Å². The molecule has 2 aromatic carbocycles. The van der Waals surface area contributed by atoms with Crippen LogP contribution in [0.4, 0.5) is 0 Å². The number of nitrogens with one attached hydrogen (secondary N) is 1. The van der Waals surface area contributed by atoms with Gasteiger partial charge in [-0.2, -0.15) is 5.10 Å². The summed E-state index contributed by atoms with van der Waals surface area (Å²) in [5, 5.41) is 5.81. The van der Waals surface area contributed by atoms with Gasteiger partial charge in [0.25, 0.3) is 0 Å². The zero-order valence-electron chi connectivity index (χ0n) is 11.8. The second-order valence-corrected chi connectivity index (χ2v) is 5.98. The molecule has 3 N–H and O–H groups in total. The number of halogens is 1. The van der Waals surface area contributed by atoms with Crippen LogP contribution in [-0.4, -0.2) is 9.78 Å². The molecule has 3 aromatic rings. The first-order valence-electron chi connectivity index (χ1n) is 6.81. The molecular formula is C16H17BrN4. The molecule has 5 heteroatoms. The van der Waals surface area contributed by atoms with Gasteiger partial charge in [-0.3, -0.25) is 16.0 Å². The van der Waals surface area contributed by atoms with Crippen molar-refractivity contribution in [3.8, 4) is 0 Å². The highest BCUT2D eigenvalue weighted by molar-refractivity contribution is 9.10. The van der Waals surface area contributed by atoms with Crippen molar-refractivity contribution in [2.75, 3.05) is 0 Å². The second-order valence-electron chi connectivity index (χ2n) is 5.07. The van der Waals surface area contributed by atoms with Crippen LogP contribution in [-0.2, 0) is 13.5 Å². The van der Waals surface area contributed by atoms with Crippen LogP contribution in [0.1, 0.15) is 17.3 Å². The molecule has 0 radical (unpaired) electrons. The molecule has 0 aliphatic heterocycles. The molecule has 0 saturated heterocycles. The van der Waals surface area contributed by atoms with E-state index in [1.807, 2.05) is 36.0 Å². The molecule has 108 valence electrons. The Morgan fingerprint density at radius 3 is 2.81 bits per heavy atom. The maximum atomic E-state index is 5.75. The molecule has 4 nitrogen and oxygen atoms in total. The minimum Gasteiger partial charge on any atom is -0.271 e. The van der Waals surface area contributed by atoms with Crippen LogP contribution in [0.15, 0.2) is 53.0 Å². The summed E-state index contributed by atoms with van der Waals surface area (Å²) in [6.45, 7) is 0. The summed E-state index contributed by atoms with van der Waals surface area (Å²) in [7, 11) is 1.97. The van der Waals surface area contributed by atoms with E-state index in [1.165, 1.54) is 5.39 Å². The standard InChI is InChI=1S/C16H17BrN4/c1-21-16-8-3-2-7-13(16)15(20-21)10-14(19-18)11-5-4-6-12(17)9-11/h2-9,14,19H,10,18H2,1H3. The van der Waals surface area contributed by atoms with Gasteiger partial charge in [-0.1, -0.05) is 46.3 Å². The Bertz CT molecular complexity index is 766. The van der Waals surface area contributed by atoms with Crippen LogP contribution in [0, 0.1) is 0 Å². The summed E-state index contributed by atoms with van der Waals surface area (Å²) in [6, 6.07) is 16.4. The van der Waals surface area contributed by atoms with E-state index >= 15 is 0 Å². The maximum absolute atomic E-state index is 5.75. The molecule has 1 heterocycles. The number of hydrogen-bond donors (Lipinski definition) is 2. The van der Waals surface area contributed by atoms with Gasteiger partial charge in [-0.05, 0) is 23.8 Å². The van der Waals surface area contributed by atoms with Gasteiger partial charge in [0.2, 0.25) is 0 Å². The zero-order valence-corrected chi connectivity index (χ0v) is 13.3. The number of nitrogens with zero attached hydrogens (tertiary/aromatic N) is 2. The van der Waals surface area contributed by atoms with Crippen LogP contribution in [0.5, 0.6) is 0 Å². The number of aromatic nitrogens is 2. The summed E-state index contributed by atoms with van der Waals surface area (Å²) >= 11 is 3.50. The second kappa shape index (κ2) is 5.97. The van der Waals surface area contributed by atoms with E-state index in [9.17, 15) is 0 Å². The first-order valence-corrected chi connectivity index (χ1v) is 7.60. The number of aryl methyl sites for hydroxylation is 1. The van der Waals surface area contributed by atoms with E-state index in [1.54, 1.807) is 0 Å². The average molecular weight is 345 g/mol. The molecule has 0 aliphatic rings. The Morgan fingerprint density at radius 2 is 2.05 bits per heavy atom. The number of hydrogen-bond acceptors (Lipinski definition) is 3. The van der Waals surface area contributed by atoms with Gasteiger partial charge in [0.1, 0.15) is 0 Å². The van der Waals surface area contributed by atoms with Crippen molar-refractivity contribution in [3.63, 3.8) is 0 Å². The molecule has 1 atom stereocenters. The van der Waals surface area contributed by atoms with E-state index < -0.39 is 0 Å². The molecule has 0 amide bonds. The van der Waals surface area contributed by atoms with Crippen molar-refractivity contribution in [3.05, 3.63) is 64.3 Å². The van der Waals surface area contributed by atoms with Gasteiger partial charge >= 0.3 is 0 Å². The Morgan fingerprint density at radius 1 is 1.24 bits per heavy atom. The molecule has 1 aromatic heterocycles. The predicted octanol–water partition coefficient (Wildman–Crippen LogP) is 3.08. The van der Waals surface area contributed by atoms with Gasteiger partial charge in [0.05, 0.1) is 17.3 Å². The topological polar surface area (TPSA) is 55.9 Å². The lowest BCUT2D eigenvalue weighted by atomic mass is 10.0. The zero-order chi connectivity index (χ0) is 14.8. The van der Waals surface area contributed by atoms with E-state index in [0.717, 1.165) is 27.7 Å². The third-order valence-corrected chi connectivity index (χ3v) is 4.18. The number of nitrogens with two attached hydrogens (primary N) is 1. The van der Waals surface area contributed by atoms with E-state index in [-0.39, 0.29) is 6.04 Å². The first kappa shape index (κ1) is 14.3. The van der Waals surface area contributed by atoms with Gasteiger partial charge in [-0.25, -0.2) is 0 Å². The molecule has 1 unspecified atom stereocenters.